The lowest BCUT2D eigenvalue weighted by atomic mass is 10.2. The van der Waals surface area contributed by atoms with E-state index in [2.05, 4.69) is 40.0 Å². The number of benzene rings is 1. The number of nitrogens with zero attached hydrogens (tertiary/aromatic N) is 1. The lowest BCUT2D eigenvalue weighted by Crippen LogP contribution is -2.41. The van der Waals surface area contributed by atoms with Gasteiger partial charge < -0.3 is 20.7 Å². The Kier molecular flexibility index (Phi) is 8.64. The number of hydrogen-bond donors (Lipinski definition) is 3. The van der Waals surface area contributed by atoms with Crippen LogP contribution in [0.2, 0.25) is 0 Å². The molecule has 0 radical (unpaired) electrons. The maximum absolute atomic E-state index is 12.2. The van der Waals surface area contributed by atoms with Crippen molar-refractivity contribution in [2.24, 2.45) is 4.99 Å². The molecule has 0 aliphatic rings. The zero-order chi connectivity index (χ0) is 19.5. The van der Waals surface area contributed by atoms with Gasteiger partial charge in [0.2, 0.25) is 0 Å². The first-order chi connectivity index (χ1) is 13.2. The minimum atomic E-state index is -0.122. The van der Waals surface area contributed by atoms with E-state index >= 15 is 0 Å². The molecule has 3 N–H and O–H groups in total. The molecule has 0 bridgehead atoms. The molecule has 0 aliphatic heterocycles. The molecule has 7 heteroatoms. The van der Waals surface area contributed by atoms with Gasteiger partial charge in [0.25, 0.3) is 5.91 Å². The topological polar surface area (TPSA) is 74.8 Å². The van der Waals surface area contributed by atoms with Gasteiger partial charge >= 0.3 is 0 Å². The molecule has 1 aromatic heterocycles. The number of amides is 1. The quantitative estimate of drug-likeness (QED) is 0.351. The van der Waals surface area contributed by atoms with E-state index in [-0.39, 0.29) is 5.91 Å². The van der Waals surface area contributed by atoms with E-state index in [0.29, 0.717) is 30.9 Å². The minimum Gasteiger partial charge on any atom is -0.497 e. The van der Waals surface area contributed by atoms with Crippen molar-refractivity contribution in [2.45, 2.75) is 26.8 Å². The summed E-state index contributed by atoms with van der Waals surface area (Å²) >= 11 is 1.80. The van der Waals surface area contributed by atoms with Gasteiger partial charge in [-0.1, -0.05) is 13.0 Å². The maximum Gasteiger partial charge on any atom is 0.251 e. The van der Waals surface area contributed by atoms with Gasteiger partial charge in [0.1, 0.15) is 5.75 Å². The van der Waals surface area contributed by atoms with Crippen molar-refractivity contribution in [1.29, 1.82) is 0 Å². The van der Waals surface area contributed by atoms with Crippen molar-refractivity contribution in [1.82, 2.24) is 16.0 Å². The summed E-state index contributed by atoms with van der Waals surface area (Å²) in [5.74, 6) is 1.30. The monoisotopic (exact) mass is 388 g/mol. The van der Waals surface area contributed by atoms with Crippen molar-refractivity contribution in [2.75, 3.05) is 26.7 Å². The van der Waals surface area contributed by atoms with Crippen LogP contribution in [0.3, 0.4) is 0 Å². The molecular formula is C20H28N4O2S. The van der Waals surface area contributed by atoms with Gasteiger partial charge in [0.15, 0.2) is 5.96 Å². The number of rotatable bonds is 9. The van der Waals surface area contributed by atoms with Crippen LogP contribution < -0.4 is 20.7 Å². The predicted octanol–water partition coefficient (Wildman–Crippen LogP) is 2.80. The van der Waals surface area contributed by atoms with Gasteiger partial charge in [-0.05, 0) is 43.7 Å². The highest BCUT2D eigenvalue weighted by molar-refractivity contribution is 7.11. The Labute approximate surface area is 165 Å². The molecule has 6 nitrogen and oxygen atoms in total. The SMILES string of the molecule is CCNC(=NCc1ccc(CC)s1)NCCNC(=O)c1cccc(OC)c1. The molecule has 0 aliphatic carbocycles. The zero-order valence-electron chi connectivity index (χ0n) is 16.2. The largest absolute Gasteiger partial charge is 0.497 e. The molecular weight excluding hydrogens is 360 g/mol. The second kappa shape index (κ2) is 11.2. The summed E-state index contributed by atoms with van der Waals surface area (Å²) in [6, 6.07) is 11.4. The Balaban J connectivity index is 1.79. The van der Waals surface area contributed by atoms with Gasteiger partial charge in [-0.2, -0.15) is 0 Å². The Morgan fingerprint density at radius 2 is 1.85 bits per heavy atom. The number of thiophene rings is 1. The second-order valence-corrected chi connectivity index (χ2v) is 7.08. The fourth-order valence-electron chi connectivity index (χ4n) is 2.42. The third-order valence-electron chi connectivity index (χ3n) is 3.84. The van der Waals surface area contributed by atoms with Crippen LogP contribution in [0.1, 0.15) is 34.0 Å². The van der Waals surface area contributed by atoms with Crippen LogP contribution in [0, 0.1) is 0 Å². The normalized spacial score (nSPS) is 11.1. The Bertz CT molecular complexity index is 758. The number of carbonyl (C=O) groups is 1. The molecule has 0 unspecified atom stereocenters. The predicted molar refractivity (Wildman–Crippen MR) is 112 cm³/mol. The summed E-state index contributed by atoms with van der Waals surface area (Å²) in [6.07, 6.45) is 1.06. The van der Waals surface area contributed by atoms with E-state index in [1.807, 2.05) is 13.0 Å². The highest BCUT2D eigenvalue weighted by Gasteiger charge is 2.06. The van der Waals surface area contributed by atoms with E-state index < -0.39 is 0 Å². The average Bonchev–Trinajstić information content (AvgIpc) is 3.17. The highest BCUT2D eigenvalue weighted by atomic mass is 32.1. The van der Waals surface area contributed by atoms with Gasteiger partial charge in [-0.25, -0.2) is 4.99 Å². The first-order valence-electron chi connectivity index (χ1n) is 9.18. The summed E-state index contributed by atoms with van der Waals surface area (Å²) in [7, 11) is 1.59. The molecule has 1 heterocycles. The van der Waals surface area contributed by atoms with E-state index in [0.717, 1.165) is 18.9 Å². The summed E-state index contributed by atoms with van der Waals surface area (Å²) < 4.78 is 5.15. The van der Waals surface area contributed by atoms with E-state index in [4.69, 9.17) is 4.74 Å². The molecule has 146 valence electrons. The average molecular weight is 389 g/mol. The Morgan fingerprint density at radius 1 is 1.07 bits per heavy atom. The maximum atomic E-state index is 12.2. The van der Waals surface area contributed by atoms with Crippen molar-refractivity contribution in [3.8, 4) is 5.75 Å². The first-order valence-corrected chi connectivity index (χ1v) is 10.00. The van der Waals surface area contributed by atoms with Gasteiger partial charge in [0.05, 0.1) is 13.7 Å². The van der Waals surface area contributed by atoms with E-state index in [9.17, 15) is 4.79 Å². The number of guanidine groups is 1. The molecule has 0 saturated carbocycles. The molecule has 0 atom stereocenters. The van der Waals surface area contributed by atoms with Crippen LogP contribution in [-0.4, -0.2) is 38.6 Å². The molecule has 0 spiro atoms. The lowest BCUT2D eigenvalue weighted by molar-refractivity contribution is 0.0954. The van der Waals surface area contributed by atoms with Crippen LogP contribution >= 0.6 is 11.3 Å². The number of nitrogens with one attached hydrogen (secondary N) is 3. The molecule has 0 fully saturated rings. The van der Waals surface area contributed by atoms with Gasteiger partial charge in [-0.3, -0.25) is 4.79 Å². The Hall–Kier alpha value is -2.54. The van der Waals surface area contributed by atoms with Crippen LogP contribution in [-0.2, 0) is 13.0 Å². The smallest absolute Gasteiger partial charge is 0.251 e. The number of aryl methyl sites for hydroxylation is 1. The standard InChI is InChI=1S/C20H28N4O2S/c1-4-17-9-10-18(27-17)14-24-20(21-5-2)23-12-11-22-19(25)15-7-6-8-16(13-15)26-3/h6-10,13H,4-5,11-12,14H2,1-3H3,(H,22,25)(H2,21,23,24). The van der Waals surface area contributed by atoms with Crippen LogP contribution in [0.5, 0.6) is 5.75 Å². The van der Waals surface area contributed by atoms with Crippen LogP contribution in [0.25, 0.3) is 0 Å². The van der Waals surface area contributed by atoms with E-state index in [1.165, 1.54) is 9.75 Å². The summed E-state index contributed by atoms with van der Waals surface area (Å²) in [6.45, 7) is 6.71. The molecule has 0 saturated heterocycles. The zero-order valence-corrected chi connectivity index (χ0v) is 17.0. The van der Waals surface area contributed by atoms with Crippen LogP contribution in [0.4, 0.5) is 0 Å². The fraction of sp³-hybridized carbons (Fsp3) is 0.400. The summed E-state index contributed by atoms with van der Waals surface area (Å²) in [5.41, 5.74) is 0.583. The van der Waals surface area contributed by atoms with E-state index in [1.54, 1.807) is 36.6 Å². The molecule has 2 aromatic rings. The summed E-state index contributed by atoms with van der Waals surface area (Å²) in [5, 5.41) is 9.36. The number of carbonyl (C=O) groups excluding carboxylic acids is 1. The van der Waals surface area contributed by atoms with Gasteiger partial charge in [0, 0.05) is 35.0 Å². The van der Waals surface area contributed by atoms with Crippen molar-refractivity contribution in [3.05, 3.63) is 51.7 Å². The number of ether oxygens (including phenoxy) is 1. The Morgan fingerprint density at radius 3 is 2.56 bits per heavy atom. The molecule has 1 amide bonds. The highest BCUT2D eigenvalue weighted by Crippen LogP contribution is 2.17. The number of methoxy groups -OCH3 is 1. The third kappa shape index (κ3) is 6.94. The molecule has 2 rings (SSSR count). The number of hydrogen-bond acceptors (Lipinski definition) is 4. The molecule has 27 heavy (non-hydrogen) atoms. The summed E-state index contributed by atoms with van der Waals surface area (Å²) in [4.78, 5) is 19.4. The third-order valence-corrected chi connectivity index (χ3v) is 5.05. The molecule has 1 aromatic carbocycles. The van der Waals surface area contributed by atoms with Crippen molar-refractivity contribution in [3.63, 3.8) is 0 Å². The van der Waals surface area contributed by atoms with Crippen molar-refractivity contribution >= 4 is 23.2 Å². The fourth-order valence-corrected chi connectivity index (χ4v) is 3.30. The number of aliphatic imine (C=N–C) groups is 1. The first kappa shape index (κ1) is 20.8. The van der Waals surface area contributed by atoms with Crippen LogP contribution in [0.15, 0.2) is 41.4 Å². The van der Waals surface area contributed by atoms with Gasteiger partial charge in [-0.15, -0.1) is 11.3 Å². The second-order valence-electron chi connectivity index (χ2n) is 5.83. The minimum absolute atomic E-state index is 0.122. The lowest BCUT2D eigenvalue weighted by Gasteiger charge is -2.12. The van der Waals surface area contributed by atoms with Crippen molar-refractivity contribution < 1.29 is 9.53 Å².